The zero-order valence-electron chi connectivity index (χ0n) is 25.2. The fourth-order valence-corrected chi connectivity index (χ4v) is 5.49. The predicted molar refractivity (Wildman–Crippen MR) is 164 cm³/mol. The minimum Gasteiger partial charge on any atom is -0.494 e. The zero-order chi connectivity index (χ0) is 33.4. The molecule has 0 bridgehead atoms. The summed E-state index contributed by atoms with van der Waals surface area (Å²) in [5.41, 5.74) is 3.96. The maximum absolute atomic E-state index is 13.8. The van der Waals surface area contributed by atoms with Crippen LogP contribution in [-0.2, 0) is 29.0 Å². The number of fused-ring (bicyclic) bond motifs is 1. The molecule has 2 N–H and O–H groups in total. The van der Waals surface area contributed by atoms with Crippen molar-refractivity contribution in [2.75, 3.05) is 6.61 Å². The van der Waals surface area contributed by atoms with E-state index in [1.165, 1.54) is 0 Å². The van der Waals surface area contributed by atoms with Crippen LogP contribution in [0.2, 0.25) is 0 Å². The monoisotopic (exact) mass is 643 g/mol. The first-order valence-electron chi connectivity index (χ1n) is 14.9. The van der Waals surface area contributed by atoms with Gasteiger partial charge in [0.2, 0.25) is 5.82 Å². The molecule has 4 aromatic rings. The van der Waals surface area contributed by atoms with Gasteiger partial charge in [-0.25, -0.2) is 22.0 Å². The van der Waals surface area contributed by atoms with Gasteiger partial charge < -0.3 is 19.5 Å². The Morgan fingerprint density at radius 1 is 0.739 bits per heavy atom. The lowest BCUT2D eigenvalue weighted by atomic mass is 10.0. The van der Waals surface area contributed by atoms with Gasteiger partial charge in [0, 0.05) is 36.0 Å². The molecule has 0 aliphatic rings. The molecule has 0 saturated carbocycles. The number of para-hydroxylation sites is 1. The summed E-state index contributed by atoms with van der Waals surface area (Å²) < 4.78 is 75.5. The molecule has 0 saturated heterocycles. The summed E-state index contributed by atoms with van der Waals surface area (Å²) in [7, 11) is 0. The first-order valence-corrected chi connectivity index (χ1v) is 14.9. The molecule has 6 nitrogen and oxygen atoms in total. The maximum atomic E-state index is 13.8. The van der Waals surface area contributed by atoms with Crippen LogP contribution < -0.4 is 4.74 Å². The van der Waals surface area contributed by atoms with E-state index >= 15 is 0 Å². The van der Waals surface area contributed by atoms with E-state index in [1.807, 2.05) is 49.4 Å². The smallest absolute Gasteiger partial charge is 0.303 e. The number of aromatic nitrogens is 1. The van der Waals surface area contributed by atoms with Crippen molar-refractivity contribution >= 4 is 35.0 Å². The largest absolute Gasteiger partial charge is 0.494 e. The lowest BCUT2D eigenvalue weighted by molar-refractivity contribution is -0.138. The third-order valence-corrected chi connectivity index (χ3v) is 7.82. The molecule has 0 radical (unpaired) electrons. The first kappa shape index (κ1) is 34.2. The van der Waals surface area contributed by atoms with Crippen molar-refractivity contribution in [3.05, 3.63) is 99.5 Å². The van der Waals surface area contributed by atoms with E-state index in [1.54, 1.807) is 12.1 Å². The molecular formula is C35H34F5NO5. The van der Waals surface area contributed by atoms with Crippen molar-refractivity contribution in [1.29, 1.82) is 0 Å². The molecule has 0 atom stereocenters. The number of ether oxygens (including phenoxy) is 1. The number of benzene rings is 3. The van der Waals surface area contributed by atoms with Gasteiger partial charge in [-0.2, -0.15) is 0 Å². The summed E-state index contributed by atoms with van der Waals surface area (Å²) in [6, 6.07) is 13.1. The quantitative estimate of drug-likeness (QED) is 0.0420. The van der Waals surface area contributed by atoms with Gasteiger partial charge in [0.15, 0.2) is 23.3 Å². The second-order valence-electron chi connectivity index (χ2n) is 11.0. The topological polar surface area (TPSA) is 88.8 Å². The van der Waals surface area contributed by atoms with Gasteiger partial charge in [0.25, 0.3) is 0 Å². The summed E-state index contributed by atoms with van der Waals surface area (Å²) in [6.07, 6.45) is 5.68. The third kappa shape index (κ3) is 8.13. The fourth-order valence-electron chi connectivity index (χ4n) is 5.49. The van der Waals surface area contributed by atoms with E-state index in [0.717, 1.165) is 33.3 Å². The van der Waals surface area contributed by atoms with E-state index in [2.05, 4.69) is 4.57 Å². The van der Waals surface area contributed by atoms with E-state index in [9.17, 15) is 31.5 Å². The molecule has 11 heteroatoms. The first-order chi connectivity index (χ1) is 22.0. The second-order valence-corrected chi connectivity index (χ2v) is 11.0. The highest BCUT2D eigenvalue weighted by atomic mass is 19.2. The minimum absolute atomic E-state index is 0.0329. The molecule has 1 heterocycles. The lowest BCUT2D eigenvalue weighted by Gasteiger charge is -2.10. The van der Waals surface area contributed by atoms with Gasteiger partial charge in [0.1, 0.15) is 5.75 Å². The van der Waals surface area contributed by atoms with Crippen LogP contribution in [0.3, 0.4) is 0 Å². The number of carboxylic acid groups (broad SMARTS) is 2. The summed E-state index contributed by atoms with van der Waals surface area (Å²) >= 11 is 0. The lowest BCUT2D eigenvalue weighted by Crippen LogP contribution is -2.08. The van der Waals surface area contributed by atoms with Gasteiger partial charge in [0.05, 0.1) is 12.1 Å². The molecule has 0 aliphatic heterocycles. The molecule has 1 aromatic heterocycles. The SMILES string of the molecule is Cc1c(CCCC(=O)O)c2cccc(C=Cc3ccc(OCCCCc4c(F)c(F)c(F)c(F)c4F)cc3)c2n1CCCC(=O)O. The highest BCUT2D eigenvalue weighted by Gasteiger charge is 2.25. The van der Waals surface area contributed by atoms with Crippen molar-refractivity contribution in [3.63, 3.8) is 0 Å². The molecule has 46 heavy (non-hydrogen) atoms. The van der Waals surface area contributed by atoms with Gasteiger partial charge in [-0.05, 0) is 74.3 Å². The van der Waals surface area contributed by atoms with E-state index in [-0.39, 0.29) is 32.3 Å². The molecule has 4 rings (SSSR count). The zero-order valence-corrected chi connectivity index (χ0v) is 25.2. The van der Waals surface area contributed by atoms with Gasteiger partial charge >= 0.3 is 11.9 Å². The van der Waals surface area contributed by atoms with E-state index in [4.69, 9.17) is 14.9 Å². The van der Waals surface area contributed by atoms with Gasteiger partial charge in [-0.1, -0.05) is 42.5 Å². The van der Waals surface area contributed by atoms with Crippen molar-refractivity contribution in [1.82, 2.24) is 4.57 Å². The van der Waals surface area contributed by atoms with Crippen molar-refractivity contribution in [2.24, 2.45) is 0 Å². The van der Waals surface area contributed by atoms with Crippen molar-refractivity contribution in [3.8, 4) is 5.75 Å². The Labute approximate surface area is 262 Å². The maximum Gasteiger partial charge on any atom is 0.303 e. The van der Waals surface area contributed by atoms with E-state index < -0.39 is 46.6 Å². The number of halogens is 5. The number of carbonyl (C=O) groups is 2. The Bertz CT molecular complexity index is 1720. The van der Waals surface area contributed by atoms with Crippen LogP contribution in [0, 0.1) is 36.0 Å². The third-order valence-electron chi connectivity index (χ3n) is 7.82. The molecule has 3 aromatic carbocycles. The molecule has 0 spiro atoms. The Hall–Kier alpha value is -4.67. The second kappa shape index (κ2) is 15.6. The van der Waals surface area contributed by atoms with Crippen LogP contribution in [0.1, 0.15) is 66.5 Å². The predicted octanol–water partition coefficient (Wildman–Crippen LogP) is 8.49. The average Bonchev–Trinajstić information content (AvgIpc) is 3.30. The van der Waals surface area contributed by atoms with Gasteiger partial charge in [-0.15, -0.1) is 0 Å². The number of aryl methyl sites for hydroxylation is 2. The van der Waals surface area contributed by atoms with Crippen LogP contribution >= 0.6 is 0 Å². The normalized spacial score (nSPS) is 11.5. The summed E-state index contributed by atoms with van der Waals surface area (Å²) in [5, 5.41) is 19.2. The molecule has 0 unspecified atom stereocenters. The summed E-state index contributed by atoms with van der Waals surface area (Å²) in [6.45, 7) is 2.66. The number of carboxylic acids is 2. The molecule has 0 amide bonds. The molecule has 0 aliphatic carbocycles. The number of hydrogen-bond donors (Lipinski definition) is 2. The fraction of sp³-hybridized carbons (Fsp3) is 0.314. The van der Waals surface area contributed by atoms with Crippen LogP contribution in [0.4, 0.5) is 22.0 Å². The average molecular weight is 644 g/mol. The Morgan fingerprint density at radius 3 is 2.00 bits per heavy atom. The van der Waals surface area contributed by atoms with Crippen LogP contribution in [0.5, 0.6) is 5.75 Å². The highest BCUT2D eigenvalue weighted by molar-refractivity contribution is 5.94. The van der Waals surface area contributed by atoms with Gasteiger partial charge in [-0.3, -0.25) is 9.59 Å². The summed E-state index contributed by atoms with van der Waals surface area (Å²) in [5.74, 6) is -10.9. The number of rotatable bonds is 16. The Morgan fingerprint density at radius 2 is 1.35 bits per heavy atom. The highest BCUT2D eigenvalue weighted by Crippen LogP contribution is 2.32. The molecule has 0 fully saturated rings. The number of aliphatic carboxylic acids is 2. The number of nitrogens with zero attached hydrogens (tertiary/aromatic N) is 1. The minimum atomic E-state index is -2.17. The van der Waals surface area contributed by atoms with Crippen molar-refractivity contribution in [2.45, 2.75) is 64.8 Å². The standard InChI is InChI=1S/C35H34F5NO5/c1-21-25(9-5-11-28(42)43)26-10-4-7-23(35(26)41(21)19-6-12-29(44)45)16-13-22-14-17-24(18-15-22)46-20-3-2-8-27-30(36)32(38)34(40)33(39)31(27)37/h4,7,10,13-18H,2-3,5-6,8-9,11-12,19-20H2,1H3,(H,42,43)(H,44,45). The number of hydrogen-bond acceptors (Lipinski definition) is 3. The molecular weight excluding hydrogens is 609 g/mol. The van der Waals surface area contributed by atoms with Crippen LogP contribution in [0.25, 0.3) is 23.1 Å². The Kier molecular flexibility index (Phi) is 11.6. The summed E-state index contributed by atoms with van der Waals surface area (Å²) in [4.78, 5) is 22.2. The van der Waals surface area contributed by atoms with Crippen LogP contribution in [-0.4, -0.2) is 33.3 Å². The molecule has 244 valence electrons. The van der Waals surface area contributed by atoms with Crippen LogP contribution in [0.15, 0.2) is 42.5 Å². The number of unbranched alkanes of at least 4 members (excludes halogenated alkanes) is 1. The van der Waals surface area contributed by atoms with Crippen molar-refractivity contribution < 1.29 is 46.5 Å². The Balaban J connectivity index is 1.42. The van der Waals surface area contributed by atoms with E-state index in [0.29, 0.717) is 38.0 Å².